The van der Waals surface area contributed by atoms with Gasteiger partial charge in [-0.1, -0.05) is 29.8 Å². The molecule has 0 radical (unpaired) electrons. The molecule has 0 amide bonds. The fraction of sp³-hybridized carbons (Fsp3) is 0.250. The fourth-order valence-electron chi connectivity index (χ4n) is 2.21. The van der Waals surface area contributed by atoms with Crippen molar-refractivity contribution in [2.24, 2.45) is 0 Å². The zero-order valence-corrected chi connectivity index (χ0v) is 12.1. The van der Waals surface area contributed by atoms with E-state index in [0.717, 1.165) is 18.5 Å². The Morgan fingerprint density at radius 1 is 1.05 bits per heavy atom. The van der Waals surface area contributed by atoms with Crippen molar-refractivity contribution < 1.29 is 0 Å². The molecule has 1 aromatic carbocycles. The fourth-order valence-corrected chi connectivity index (χ4v) is 2.21. The van der Waals surface area contributed by atoms with Crippen LogP contribution in [0.25, 0.3) is 11.2 Å². The van der Waals surface area contributed by atoms with Gasteiger partial charge in [-0.15, -0.1) is 0 Å². The molecule has 0 aliphatic heterocycles. The van der Waals surface area contributed by atoms with Crippen molar-refractivity contribution >= 4 is 11.2 Å². The highest BCUT2D eigenvalue weighted by Crippen LogP contribution is 2.08. The maximum Gasteiger partial charge on any atom is 0.279 e. The van der Waals surface area contributed by atoms with Gasteiger partial charge in [0, 0.05) is 0 Å². The summed E-state index contributed by atoms with van der Waals surface area (Å²) in [6, 6.07) is 8.42. The Morgan fingerprint density at radius 2 is 1.81 bits per heavy atom. The minimum absolute atomic E-state index is 0.234. The van der Waals surface area contributed by atoms with E-state index in [-0.39, 0.29) is 5.56 Å². The Hall–Kier alpha value is -2.56. The van der Waals surface area contributed by atoms with Crippen LogP contribution in [-0.4, -0.2) is 19.9 Å². The van der Waals surface area contributed by atoms with Gasteiger partial charge in [-0.25, -0.2) is 15.0 Å². The van der Waals surface area contributed by atoms with Crippen LogP contribution in [0.3, 0.4) is 0 Å². The van der Waals surface area contributed by atoms with Crippen LogP contribution < -0.4 is 5.56 Å². The molecule has 3 rings (SSSR count). The molecule has 3 aromatic rings. The molecule has 2 heterocycles. The average molecular weight is 280 g/mol. The number of aryl methyl sites for hydroxylation is 4. The summed E-state index contributed by atoms with van der Waals surface area (Å²) in [5.41, 5.74) is 3.77. The molecule has 0 bridgehead atoms. The molecular weight excluding hydrogens is 264 g/mol. The number of aromatic amines is 1. The third kappa shape index (κ3) is 2.97. The van der Waals surface area contributed by atoms with Crippen LogP contribution in [0, 0.1) is 13.8 Å². The number of aromatic nitrogens is 4. The maximum atomic E-state index is 11.9. The van der Waals surface area contributed by atoms with Crippen molar-refractivity contribution in [1.82, 2.24) is 19.9 Å². The normalized spacial score (nSPS) is 11.0. The number of fused-ring (bicyclic) bond motifs is 1. The van der Waals surface area contributed by atoms with E-state index in [9.17, 15) is 4.79 Å². The van der Waals surface area contributed by atoms with Crippen molar-refractivity contribution in [1.29, 1.82) is 0 Å². The van der Waals surface area contributed by atoms with Gasteiger partial charge in [0.15, 0.2) is 11.2 Å². The van der Waals surface area contributed by atoms with E-state index in [1.807, 2.05) is 0 Å². The Morgan fingerprint density at radius 3 is 2.57 bits per heavy atom. The van der Waals surface area contributed by atoms with Crippen molar-refractivity contribution in [3.63, 3.8) is 0 Å². The van der Waals surface area contributed by atoms with Crippen LogP contribution in [0.5, 0.6) is 0 Å². The molecule has 0 aliphatic rings. The molecule has 0 fully saturated rings. The summed E-state index contributed by atoms with van der Waals surface area (Å²) >= 11 is 0. The van der Waals surface area contributed by atoms with Crippen LogP contribution in [0.2, 0.25) is 0 Å². The monoisotopic (exact) mass is 280 g/mol. The lowest BCUT2D eigenvalue weighted by Crippen LogP contribution is -2.13. The van der Waals surface area contributed by atoms with Gasteiger partial charge >= 0.3 is 0 Å². The summed E-state index contributed by atoms with van der Waals surface area (Å²) in [7, 11) is 0. The molecule has 0 saturated heterocycles. The molecule has 106 valence electrons. The number of H-pyrrole nitrogens is 1. The quantitative estimate of drug-likeness (QED) is 0.797. The highest BCUT2D eigenvalue weighted by molar-refractivity contribution is 5.67. The molecule has 0 aliphatic carbocycles. The summed E-state index contributed by atoms with van der Waals surface area (Å²) in [6.07, 6.45) is 3.32. The predicted octanol–water partition coefficient (Wildman–Crippen LogP) is 2.12. The largest absolute Gasteiger partial charge is 0.309 e. The molecule has 5 heteroatoms. The predicted molar refractivity (Wildman–Crippen MR) is 81.3 cm³/mol. The minimum atomic E-state index is -0.234. The summed E-state index contributed by atoms with van der Waals surface area (Å²) in [5.74, 6) is 0.550. The highest BCUT2D eigenvalue weighted by atomic mass is 16.1. The van der Waals surface area contributed by atoms with Gasteiger partial charge in [0.25, 0.3) is 5.56 Å². The number of nitrogens with zero attached hydrogens (tertiary/aromatic N) is 3. The summed E-state index contributed by atoms with van der Waals surface area (Å²) < 4.78 is 0. The molecule has 0 atom stereocenters. The van der Waals surface area contributed by atoms with Gasteiger partial charge in [-0.3, -0.25) is 4.79 Å². The molecule has 0 unspecified atom stereocenters. The topological polar surface area (TPSA) is 71.5 Å². The molecule has 0 spiro atoms. The molecule has 21 heavy (non-hydrogen) atoms. The number of hydrogen-bond acceptors (Lipinski definition) is 4. The van der Waals surface area contributed by atoms with Gasteiger partial charge in [-0.05, 0) is 32.3 Å². The van der Waals surface area contributed by atoms with Crippen molar-refractivity contribution in [3.8, 4) is 0 Å². The lowest BCUT2D eigenvalue weighted by atomic mass is 10.1. The second-order valence-corrected chi connectivity index (χ2v) is 5.17. The first-order chi connectivity index (χ1) is 10.1. The Balaban J connectivity index is 1.84. The third-order valence-corrected chi connectivity index (χ3v) is 3.38. The van der Waals surface area contributed by atoms with Gasteiger partial charge in [-0.2, -0.15) is 0 Å². The Labute approximate surface area is 122 Å². The average Bonchev–Trinajstić information content (AvgIpc) is 2.47. The van der Waals surface area contributed by atoms with Gasteiger partial charge in [0.2, 0.25) is 0 Å². The SMILES string of the molecule is Cc1ccc(CCc2cnc3nc(C)[nH]c(=O)c3n2)cc1. The van der Waals surface area contributed by atoms with E-state index in [4.69, 9.17) is 0 Å². The van der Waals surface area contributed by atoms with E-state index in [2.05, 4.69) is 51.1 Å². The first kappa shape index (κ1) is 13.4. The summed E-state index contributed by atoms with van der Waals surface area (Å²) in [6.45, 7) is 3.80. The zero-order chi connectivity index (χ0) is 14.8. The minimum Gasteiger partial charge on any atom is -0.309 e. The van der Waals surface area contributed by atoms with Crippen LogP contribution >= 0.6 is 0 Å². The Kier molecular flexibility index (Phi) is 3.48. The van der Waals surface area contributed by atoms with E-state index in [0.29, 0.717) is 17.0 Å². The van der Waals surface area contributed by atoms with Crippen LogP contribution in [0.4, 0.5) is 0 Å². The van der Waals surface area contributed by atoms with Crippen LogP contribution in [0.15, 0.2) is 35.3 Å². The lowest BCUT2D eigenvalue weighted by Gasteiger charge is -2.03. The smallest absolute Gasteiger partial charge is 0.279 e. The van der Waals surface area contributed by atoms with E-state index < -0.39 is 0 Å². The zero-order valence-electron chi connectivity index (χ0n) is 12.1. The number of nitrogens with one attached hydrogen (secondary N) is 1. The first-order valence-electron chi connectivity index (χ1n) is 6.90. The number of rotatable bonds is 3. The van der Waals surface area contributed by atoms with Crippen LogP contribution in [0.1, 0.15) is 22.6 Å². The van der Waals surface area contributed by atoms with Gasteiger partial charge in [0.1, 0.15) is 5.82 Å². The first-order valence-corrected chi connectivity index (χ1v) is 6.90. The molecule has 2 aromatic heterocycles. The van der Waals surface area contributed by atoms with E-state index >= 15 is 0 Å². The van der Waals surface area contributed by atoms with Gasteiger partial charge < -0.3 is 4.98 Å². The van der Waals surface area contributed by atoms with E-state index in [1.165, 1.54) is 11.1 Å². The molecule has 0 saturated carbocycles. The van der Waals surface area contributed by atoms with E-state index in [1.54, 1.807) is 13.1 Å². The summed E-state index contributed by atoms with van der Waals surface area (Å²) in [4.78, 5) is 27.3. The van der Waals surface area contributed by atoms with Crippen molar-refractivity contribution in [3.05, 3.63) is 63.5 Å². The van der Waals surface area contributed by atoms with Crippen molar-refractivity contribution in [2.75, 3.05) is 0 Å². The Bertz CT molecular complexity index is 837. The second-order valence-electron chi connectivity index (χ2n) is 5.17. The van der Waals surface area contributed by atoms with Crippen molar-refractivity contribution in [2.45, 2.75) is 26.7 Å². The lowest BCUT2D eigenvalue weighted by molar-refractivity contribution is 0.902. The standard InChI is InChI=1S/C16H16N4O/c1-10-3-5-12(6-4-10)7-8-13-9-17-15-14(20-13)16(21)19-11(2)18-15/h3-6,9H,7-8H2,1-2H3,(H,17,18,19,21). The molecule has 1 N–H and O–H groups in total. The second kappa shape index (κ2) is 5.44. The maximum absolute atomic E-state index is 11.9. The van der Waals surface area contributed by atoms with Gasteiger partial charge in [0.05, 0.1) is 11.9 Å². The highest BCUT2D eigenvalue weighted by Gasteiger charge is 2.06. The molecular formula is C16H16N4O. The third-order valence-electron chi connectivity index (χ3n) is 3.38. The summed E-state index contributed by atoms with van der Waals surface area (Å²) in [5, 5.41) is 0. The van der Waals surface area contributed by atoms with Crippen LogP contribution in [-0.2, 0) is 12.8 Å². The molecule has 5 nitrogen and oxygen atoms in total. The number of hydrogen-bond donors (Lipinski definition) is 1. The number of benzene rings is 1.